The van der Waals surface area contributed by atoms with Crippen molar-refractivity contribution in [2.75, 3.05) is 5.01 Å². The first-order valence-electron chi connectivity index (χ1n) is 6.33. The van der Waals surface area contributed by atoms with Gasteiger partial charge in [-0.15, -0.1) is 0 Å². The van der Waals surface area contributed by atoms with Gasteiger partial charge >= 0.3 is 0 Å². The Bertz CT molecular complexity index is 724. The van der Waals surface area contributed by atoms with E-state index >= 15 is 0 Å². The van der Waals surface area contributed by atoms with Crippen molar-refractivity contribution in [1.29, 1.82) is 0 Å². The topological polar surface area (TPSA) is 49.4 Å². The van der Waals surface area contributed by atoms with Gasteiger partial charge in [0.05, 0.1) is 5.69 Å². The van der Waals surface area contributed by atoms with Gasteiger partial charge in [-0.1, -0.05) is 46.3 Å². The fourth-order valence-electron chi connectivity index (χ4n) is 2.04. The summed E-state index contributed by atoms with van der Waals surface area (Å²) in [5, 5.41) is 1.26. The number of carbonyl (C=O) groups excluding carboxylic acids is 2. The van der Waals surface area contributed by atoms with E-state index in [-0.39, 0.29) is 11.5 Å². The molecule has 1 saturated heterocycles. The van der Waals surface area contributed by atoms with Crippen molar-refractivity contribution in [2.45, 2.75) is 0 Å². The Balaban J connectivity index is 1.92. The molecule has 2 amide bonds. The molecule has 0 unspecified atom stereocenters. The van der Waals surface area contributed by atoms with Crippen molar-refractivity contribution in [3.8, 4) is 0 Å². The van der Waals surface area contributed by atoms with Crippen LogP contribution in [0.2, 0.25) is 0 Å². The first-order chi connectivity index (χ1) is 10.1. The van der Waals surface area contributed by atoms with Gasteiger partial charge in [0, 0.05) is 4.47 Å². The summed E-state index contributed by atoms with van der Waals surface area (Å²) in [5.74, 6) is -0.749. The number of hydrogen-bond acceptors (Lipinski definition) is 2. The summed E-state index contributed by atoms with van der Waals surface area (Å²) in [5.41, 5.74) is 4.13. The summed E-state index contributed by atoms with van der Waals surface area (Å²) >= 11 is 3.35. The van der Waals surface area contributed by atoms with Gasteiger partial charge < -0.3 is 0 Å². The highest BCUT2D eigenvalue weighted by atomic mass is 79.9. The molecule has 1 heterocycles. The average molecular weight is 343 g/mol. The van der Waals surface area contributed by atoms with Crippen LogP contribution in [0.3, 0.4) is 0 Å². The monoisotopic (exact) mass is 342 g/mol. The molecule has 5 heteroatoms. The molecule has 0 aromatic heterocycles. The lowest BCUT2D eigenvalue weighted by molar-refractivity contribution is -0.117. The van der Waals surface area contributed by atoms with Gasteiger partial charge in [0.1, 0.15) is 5.57 Å². The number of hydrogen-bond donors (Lipinski definition) is 1. The first kappa shape index (κ1) is 13.6. The second-order valence-corrected chi connectivity index (χ2v) is 5.44. The third-order valence-electron chi connectivity index (χ3n) is 3.09. The number of halogens is 1. The first-order valence-corrected chi connectivity index (χ1v) is 7.12. The maximum absolute atomic E-state index is 12.4. The number of nitrogens with one attached hydrogen (secondary N) is 1. The summed E-state index contributed by atoms with van der Waals surface area (Å²) in [6.45, 7) is 0. The largest absolute Gasteiger partial charge is 0.282 e. The fraction of sp³-hybridized carbons (Fsp3) is 0. The number of hydrazine groups is 1. The van der Waals surface area contributed by atoms with Crippen LogP contribution in [-0.4, -0.2) is 11.8 Å². The van der Waals surface area contributed by atoms with E-state index in [1.807, 2.05) is 42.5 Å². The molecule has 104 valence electrons. The van der Waals surface area contributed by atoms with Gasteiger partial charge in [-0.05, 0) is 35.9 Å². The zero-order valence-electron chi connectivity index (χ0n) is 10.9. The molecule has 3 rings (SSSR count). The van der Waals surface area contributed by atoms with Gasteiger partial charge in [0.15, 0.2) is 0 Å². The Kier molecular flexibility index (Phi) is 3.58. The highest BCUT2D eigenvalue weighted by molar-refractivity contribution is 9.10. The minimum atomic E-state index is -0.397. The molecule has 1 fully saturated rings. The maximum Gasteiger partial charge on any atom is 0.282 e. The third kappa shape index (κ3) is 2.73. The summed E-state index contributed by atoms with van der Waals surface area (Å²) in [7, 11) is 0. The molecular weight excluding hydrogens is 332 g/mol. The normalized spacial score (nSPS) is 16.4. The zero-order valence-corrected chi connectivity index (χ0v) is 12.5. The highest BCUT2D eigenvalue weighted by Crippen LogP contribution is 2.21. The Labute approximate surface area is 130 Å². The zero-order chi connectivity index (χ0) is 14.8. The van der Waals surface area contributed by atoms with Gasteiger partial charge in [0.25, 0.3) is 11.8 Å². The van der Waals surface area contributed by atoms with Crippen molar-refractivity contribution in [3.05, 3.63) is 70.2 Å². The van der Waals surface area contributed by atoms with Crippen molar-refractivity contribution >= 4 is 39.5 Å². The van der Waals surface area contributed by atoms with E-state index in [2.05, 4.69) is 21.4 Å². The molecule has 1 aliphatic rings. The Morgan fingerprint density at radius 2 is 1.62 bits per heavy atom. The quantitative estimate of drug-likeness (QED) is 0.673. The lowest BCUT2D eigenvalue weighted by Gasteiger charge is -2.13. The van der Waals surface area contributed by atoms with Crippen LogP contribution in [0.1, 0.15) is 5.56 Å². The predicted molar refractivity (Wildman–Crippen MR) is 84.2 cm³/mol. The minimum absolute atomic E-state index is 0.126. The van der Waals surface area contributed by atoms with E-state index in [9.17, 15) is 9.59 Å². The van der Waals surface area contributed by atoms with Crippen LogP contribution in [0.25, 0.3) is 6.08 Å². The van der Waals surface area contributed by atoms with Crippen LogP contribution >= 0.6 is 15.9 Å². The number of nitrogens with zero attached hydrogens (tertiary/aromatic N) is 1. The van der Waals surface area contributed by atoms with Gasteiger partial charge in [-0.2, -0.15) is 0 Å². The highest BCUT2D eigenvalue weighted by Gasteiger charge is 2.34. The molecule has 4 nitrogen and oxygen atoms in total. The smallest absolute Gasteiger partial charge is 0.267 e. The van der Waals surface area contributed by atoms with Gasteiger partial charge in [-0.25, -0.2) is 5.01 Å². The van der Waals surface area contributed by atoms with E-state index in [1.54, 1.807) is 18.2 Å². The van der Waals surface area contributed by atoms with E-state index < -0.39 is 5.91 Å². The number of anilines is 1. The Morgan fingerprint density at radius 3 is 2.29 bits per heavy atom. The molecule has 1 aliphatic heterocycles. The van der Waals surface area contributed by atoms with Crippen molar-refractivity contribution in [3.63, 3.8) is 0 Å². The van der Waals surface area contributed by atoms with Crippen molar-refractivity contribution < 1.29 is 9.59 Å². The van der Waals surface area contributed by atoms with Crippen LogP contribution < -0.4 is 10.4 Å². The second-order valence-electron chi connectivity index (χ2n) is 4.53. The number of carbonyl (C=O) groups is 2. The van der Waals surface area contributed by atoms with Crippen LogP contribution in [-0.2, 0) is 9.59 Å². The fourth-order valence-corrected chi connectivity index (χ4v) is 2.31. The summed E-state index contributed by atoms with van der Waals surface area (Å²) in [6.07, 6.45) is 1.59. The van der Waals surface area contributed by atoms with E-state index in [0.29, 0.717) is 5.69 Å². The molecule has 2 aromatic rings. The van der Waals surface area contributed by atoms with Gasteiger partial charge in [0.2, 0.25) is 0 Å². The molecule has 0 atom stereocenters. The molecule has 0 spiro atoms. The van der Waals surface area contributed by atoms with E-state index in [0.717, 1.165) is 10.0 Å². The third-order valence-corrected chi connectivity index (χ3v) is 3.62. The maximum atomic E-state index is 12.4. The van der Waals surface area contributed by atoms with E-state index in [4.69, 9.17) is 0 Å². The summed E-state index contributed by atoms with van der Waals surface area (Å²) < 4.78 is 0.942. The molecule has 0 bridgehead atoms. The minimum Gasteiger partial charge on any atom is -0.267 e. The predicted octanol–water partition coefficient (Wildman–Crippen LogP) is 2.91. The average Bonchev–Trinajstić information content (AvgIpc) is 2.78. The molecule has 2 aromatic carbocycles. The van der Waals surface area contributed by atoms with Crippen LogP contribution in [0.4, 0.5) is 5.69 Å². The SMILES string of the molecule is O=C1NN(c2ccccc2)C(=O)C1=Cc1ccc(Br)cc1. The Hall–Kier alpha value is -2.40. The van der Waals surface area contributed by atoms with Gasteiger partial charge in [-0.3, -0.25) is 15.0 Å². The van der Waals surface area contributed by atoms with Crippen LogP contribution in [0, 0.1) is 0 Å². The number of para-hydroxylation sites is 1. The molecular formula is C16H11BrN2O2. The van der Waals surface area contributed by atoms with E-state index in [1.165, 1.54) is 5.01 Å². The molecule has 21 heavy (non-hydrogen) atoms. The molecule has 0 saturated carbocycles. The number of rotatable bonds is 2. The lowest BCUT2D eigenvalue weighted by Crippen LogP contribution is -2.35. The van der Waals surface area contributed by atoms with Crippen LogP contribution in [0.15, 0.2) is 64.6 Å². The van der Waals surface area contributed by atoms with Crippen molar-refractivity contribution in [2.24, 2.45) is 0 Å². The standard InChI is InChI=1S/C16H11BrN2O2/c17-12-8-6-11(7-9-12)10-14-15(20)18-19(16(14)21)13-4-2-1-3-5-13/h1-10H,(H,18,20). The summed E-state index contributed by atoms with van der Waals surface area (Å²) in [6, 6.07) is 16.4. The Morgan fingerprint density at radius 1 is 0.952 bits per heavy atom. The molecule has 0 radical (unpaired) electrons. The molecule has 1 N–H and O–H groups in total. The van der Waals surface area contributed by atoms with Crippen molar-refractivity contribution in [1.82, 2.24) is 5.43 Å². The summed E-state index contributed by atoms with van der Waals surface area (Å²) in [4.78, 5) is 24.3. The number of amides is 2. The second kappa shape index (κ2) is 5.54. The number of benzene rings is 2. The lowest BCUT2D eigenvalue weighted by atomic mass is 10.1. The molecule has 0 aliphatic carbocycles. The van der Waals surface area contributed by atoms with Crippen LogP contribution in [0.5, 0.6) is 0 Å².